The fourth-order valence-electron chi connectivity index (χ4n) is 1.44. The molecule has 2 aromatic rings. The molecule has 0 spiro atoms. The summed E-state index contributed by atoms with van der Waals surface area (Å²) in [5, 5.41) is 2.77. The lowest BCUT2D eigenvalue weighted by molar-refractivity contribution is -0.121. The van der Waals surface area contributed by atoms with E-state index in [4.69, 9.17) is 9.47 Å². The molecule has 0 saturated carbocycles. The molecule has 0 aliphatic heterocycles. The number of nitrogens with one attached hydrogen (secondary N) is 1. The van der Waals surface area contributed by atoms with Crippen LogP contribution in [-0.2, 0) is 14.3 Å². The summed E-state index contributed by atoms with van der Waals surface area (Å²) in [4.78, 5) is 15.7. The average molecular weight is 266 g/mol. The zero-order valence-electron chi connectivity index (χ0n) is 10.0. The number of hydrogen-bond acceptors (Lipinski definition) is 5. The van der Waals surface area contributed by atoms with E-state index < -0.39 is 0 Å². The van der Waals surface area contributed by atoms with Crippen molar-refractivity contribution in [1.82, 2.24) is 4.98 Å². The van der Waals surface area contributed by atoms with Gasteiger partial charge in [-0.2, -0.15) is 0 Å². The van der Waals surface area contributed by atoms with Crippen molar-refractivity contribution in [3.05, 3.63) is 23.7 Å². The molecule has 0 bridgehead atoms. The van der Waals surface area contributed by atoms with Crippen molar-refractivity contribution in [1.29, 1.82) is 0 Å². The number of benzene rings is 1. The van der Waals surface area contributed by atoms with E-state index in [1.54, 1.807) is 24.0 Å². The minimum absolute atomic E-state index is 0.0318. The lowest BCUT2D eigenvalue weighted by Crippen LogP contribution is -2.19. The van der Waals surface area contributed by atoms with Gasteiger partial charge in [0.05, 0.1) is 28.9 Å². The third-order valence-electron chi connectivity index (χ3n) is 2.28. The molecule has 6 heteroatoms. The molecule has 0 aliphatic carbocycles. The molecule has 96 valence electrons. The highest BCUT2D eigenvalue weighted by Gasteiger charge is 2.04. The van der Waals surface area contributed by atoms with Gasteiger partial charge in [-0.05, 0) is 18.2 Å². The van der Waals surface area contributed by atoms with Crippen LogP contribution >= 0.6 is 11.3 Å². The van der Waals surface area contributed by atoms with Crippen molar-refractivity contribution >= 4 is 33.1 Å². The van der Waals surface area contributed by atoms with Crippen molar-refractivity contribution in [2.24, 2.45) is 0 Å². The maximum absolute atomic E-state index is 11.6. The Morgan fingerprint density at radius 3 is 3.17 bits per heavy atom. The quantitative estimate of drug-likeness (QED) is 0.811. The summed E-state index contributed by atoms with van der Waals surface area (Å²) >= 11 is 1.54. The van der Waals surface area contributed by atoms with E-state index in [9.17, 15) is 4.79 Å². The number of anilines is 1. The van der Waals surface area contributed by atoms with Crippen LogP contribution in [0.4, 0.5) is 5.69 Å². The Morgan fingerprint density at radius 2 is 2.33 bits per heavy atom. The number of ether oxygens (including phenoxy) is 2. The van der Waals surface area contributed by atoms with E-state index in [-0.39, 0.29) is 12.5 Å². The molecule has 1 aromatic heterocycles. The molecular weight excluding hydrogens is 252 g/mol. The molecule has 0 aliphatic rings. The highest BCUT2D eigenvalue weighted by atomic mass is 32.1. The molecule has 1 heterocycles. The highest BCUT2D eigenvalue weighted by molar-refractivity contribution is 7.16. The van der Waals surface area contributed by atoms with Crippen molar-refractivity contribution in [2.75, 3.05) is 32.2 Å². The summed E-state index contributed by atoms with van der Waals surface area (Å²) in [7, 11) is 1.59. The molecule has 1 amide bonds. The van der Waals surface area contributed by atoms with Gasteiger partial charge < -0.3 is 14.8 Å². The third kappa shape index (κ3) is 3.49. The first kappa shape index (κ1) is 12.9. The Kier molecular flexibility index (Phi) is 4.63. The molecule has 0 atom stereocenters. The number of hydrogen-bond donors (Lipinski definition) is 1. The molecule has 1 N–H and O–H groups in total. The van der Waals surface area contributed by atoms with Crippen molar-refractivity contribution < 1.29 is 14.3 Å². The second-order valence-corrected chi connectivity index (χ2v) is 4.51. The fourth-order valence-corrected chi connectivity index (χ4v) is 2.15. The molecule has 5 nitrogen and oxygen atoms in total. The van der Waals surface area contributed by atoms with Crippen LogP contribution in [0.2, 0.25) is 0 Å². The fraction of sp³-hybridized carbons (Fsp3) is 0.333. The molecule has 0 unspecified atom stereocenters. The van der Waals surface area contributed by atoms with Crippen LogP contribution < -0.4 is 5.32 Å². The van der Waals surface area contributed by atoms with E-state index in [1.807, 2.05) is 18.2 Å². The van der Waals surface area contributed by atoms with Crippen molar-refractivity contribution in [2.45, 2.75) is 0 Å². The molecule has 18 heavy (non-hydrogen) atoms. The normalized spacial score (nSPS) is 10.7. The van der Waals surface area contributed by atoms with Crippen LogP contribution in [0.3, 0.4) is 0 Å². The summed E-state index contributed by atoms with van der Waals surface area (Å²) in [6.07, 6.45) is 0. The van der Waals surface area contributed by atoms with Gasteiger partial charge in [-0.25, -0.2) is 4.98 Å². The van der Waals surface area contributed by atoms with Gasteiger partial charge in [-0.15, -0.1) is 11.3 Å². The lowest BCUT2D eigenvalue weighted by Gasteiger charge is -2.05. The molecule has 1 aromatic carbocycles. The Bertz CT molecular complexity index is 527. The van der Waals surface area contributed by atoms with Crippen LogP contribution in [0.15, 0.2) is 23.7 Å². The van der Waals surface area contributed by atoms with Gasteiger partial charge in [-0.3, -0.25) is 4.79 Å². The van der Waals surface area contributed by atoms with Crippen LogP contribution in [0.5, 0.6) is 0 Å². The first-order valence-electron chi connectivity index (χ1n) is 5.49. The predicted molar refractivity (Wildman–Crippen MR) is 70.9 cm³/mol. The topological polar surface area (TPSA) is 60.5 Å². The van der Waals surface area contributed by atoms with Gasteiger partial charge in [0.25, 0.3) is 0 Å². The van der Waals surface area contributed by atoms with E-state index in [0.29, 0.717) is 13.2 Å². The minimum atomic E-state index is -0.171. The second-order valence-electron chi connectivity index (χ2n) is 3.63. The van der Waals surface area contributed by atoms with Gasteiger partial charge in [0, 0.05) is 12.8 Å². The second kappa shape index (κ2) is 6.44. The Balaban J connectivity index is 1.86. The first-order valence-corrected chi connectivity index (χ1v) is 6.37. The monoisotopic (exact) mass is 266 g/mol. The SMILES string of the molecule is COCCOCC(=O)Nc1ccc2ncsc2c1. The number of fused-ring (bicyclic) bond motifs is 1. The van der Waals surface area contributed by atoms with E-state index in [1.165, 1.54) is 0 Å². The van der Waals surface area contributed by atoms with Crippen LogP contribution in [-0.4, -0.2) is 37.8 Å². The zero-order valence-corrected chi connectivity index (χ0v) is 10.8. The van der Waals surface area contributed by atoms with Crippen LogP contribution in [0.1, 0.15) is 0 Å². The lowest BCUT2D eigenvalue weighted by atomic mass is 10.3. The predicted octanol–water partition coefficient (Wildman–Crippen LogP) is 1.90. The van der Waals surface area contributed by atoms with Crippen molar-refractivity contribution in [3.8, 4) is 0 Å². The summed E-state index contributed by atoms with van der Waals surface area (Å²) in [5.74, 6) is -0.171. The minimum Gasteiger partial charge on any atom is -0.382 e. The zero-order chi connectivity index (χ0) is 12.8. The van der Waals surface area contributed by atoms with Gasteiger partial charge in [-0.1, -0.05) is 0 Å². The molecule has 0 saturated heterocycles. The number of nitrogens with zero attached hydrogens (tertiary/aromatic N) is 1. The molecule has 2 rings (SSSR count). The Hall–Kier alpha value is -1.50. The smallest absolute Gasteiger partial charge is 0.250 e. The maximum Gasteiger partial charge on any atom is 0.250 e. The van der Waals surface area contributed by atoms with E-state index in [0.717, 1.165) is 15.9 Å². The third-order valence-corrected chi connectivity index (χ3v) is 3.07. The number of carbonyl (C=O) groups excluding carboxylic acids is 1. The number of amides is 1. The summed E-state index contributed by atoms with van der Waals surface area (Å²) in [6, 6.07) is 5.61. The van der Waals surface area contributed by atoms with Crippen LogP contribution in [0, 0.1) is 0 Å². The van der Waals surface area contributed by atoms with E-state index in [2.05, 4.69) is 10.3 Å². The first-order chi connectivity index (χ1) is 8.79. The van der Waals surface area contributed by atoms with E-state index >= 15 is 0 Å². The molecule has 0 fully saturated rings. The highest BCUT2D eigenvalue weighted by Crippen LogP contribution is 2.21. The average Bonchev–Trinajstić information content (AvgIpc) is 2.82. The Labute approximate surface area is 109 Å². The number of carbonyl (C=O) groups is 1. The van der Waals surface area contributed by atoms with Gasteiger partial charge in [0.2, 0.25) is 5.91 Å². The van der Waals surface area contributed by atoms with Crippen molar-refractivity contribution in [3.63, 3.8) is 0 Å². The number of rotatable bonds is 6. The summed E-state index contributed by atoms with van der Waals surface area (Å²) in [5.41, 5.74) is 3.48. The maximum atomic E-state index is 11.6. The van der Waals surface area contributed by atoms with Gasteiger partial charge in [0.15, 0.2) is 0 Å². The summed E-state index contributed by atoms with van der Waals surface area (Å²) < 4.78 is 11.0. The molecular formula is C12H14N2O3S. The summed E-state index contributed by atoms with van der Waals surface area (Å²) in [6.45, 7) is 0.933. The number of aromatic nitrogens is 1. The largest absolute Gasteiger partial charge is 0.382 e. The molecule has 0 radical (unpaired) electrons. The standard InChI is InChI=1S/C12H14N2O3S/c1-16-4-5-17-7-12(15)14-9-2-3-10-11(6-9)18-8-13-10/h2-3,6,8H,4-5,7H2,1H3,(H,14,15). The van der Waals surface area contributed by atoms with Gasteiger partial charge >= 0.3 is 0 Å². The number of thiazole rings is 1. The van der Waals surface area contributed by atoms with Gasteiger partial charge in [0.1, 0.15) is 6.61 Å². The Morgan fingerprint density at radius 1 is 1.44 bits per heavy atom. The van der Waals surface area contributed by atoms with Crippen LogP contribution in [0.25, 0.3) is 10.2 Å². The number of methoxy groups -OCH3 is 1.